The van der Waals surface area contributed by atoms with Crippen LogP contribution in [0.3, 0.4) is 0 Å². The Balaban J connectivity index is 2.42. The minimum absolute atomic E-state index is 0.272. The zero-order valence-corrected chi connectivity index (χ0v) is 9.80. The molecule has 0 unspecified atom stereocenters. The quantitative estimate of drug-likeness (QED) is 0.844. The normalized spacial score (nSPS) is 10.8. The Hall–Kier alpha value is -1.20. The molecular formula is C12H15ClN2. The lowest BCUT2D eigenvalue weighted by atomic mass is 9.91. The Morgan fingerprint density at radius 1 is 1.47 bits per heavy atom. The molecule has 0 radical (unpaired) electrons. The minimum atomic E-state index is -0.272. The molecule has 1 aromatic rings. The van der Waals surface area contributed by atoms with Gasteiger partial charge in [-0.1, -0.05) is 17.7 Å². The first kappa shape index (κ1) is 11.9. The van der Waals surface area contributed by atoms with E-state index in [9.17, 15) is 0 Å². The van der Waals surface area contributed by atoms with Crippen LogP contribution in [0, 0.1) is 16.7 Å². The number of hydrogen-bond acceptors (Lipinski definition) is 2. The predicted octanol–water partition coefficient (Wildman–Crippen LogP) is 3.69. The van der Waals surface area contributed by atoms with Gasteiger partial charge >= 0.3 is 0 Å². The van der Waals surface area contributed by atoms with Crippen molar-refractivity contribution in [1.29, 1.82) is 5.26 Å². The van der Waals surface area contributed by atoms with E-state index < -0.39 is 0 Å². The summed E-state index contributed by atoms with van der Waals surface area (Å²) in [5, 5.41) is 12.8. The van der Waals surface area contributed by atoms with Crippen molar-refractivity contribution in [3.8, 4) is 6.07 Å². The van der Waals surface area contributed by atoms with Crippen LogP contribution in [0.15, 0.2) is 24.3 Å². The molecule has 0 spiro atoms. The summed E-state index contributed by atoms with van der Waals surface area (Å²) in [7, 11) is 0. The van der Waals surface area contributed by atoms with Crippen molar-refractivity contribution >= 4 is 17.3 Å². The third-order valence-electron chi connectivity index (χ3n) is 2.21. The lowest BCUT2D eigenvalue weighted by Crippen LogP contribution is -2.14. The average Bonchev–Trinajstić information content (AvgIpc) is 2.18. The second kappa shape index (κ2) is 5.04. The number of benzene rings is 1. The highest BCUT2D eigenvalue weighted by Gasteiger charge is 2.15. The van der Waals surface area contributed by atoms with Gasteiger partial charge in [0, 0.05) is 17.3 Å². The van der Waals surface area contributed by atoms with Crippen LogP contribution in [0.4, 0.5) is 5.69 Å². The second-order valence-electron chi connectivity index (χ2n) is 4.18. The molecule has 1 aromatic carbocycles. The van der Waals surface area contributed by atoms with Gasteiger partial charge in [-0.15, -0.1) is 0 Å². The van der Waals surface area contributed by atoms with Crippen LogP contribution in [0.25, 0.3) is 0 Å². The van der Waals surface area contributed by atoms with E-state index in [1.54, 1.807) is 0 Å². The van der Waals surface area contributed by atoms with Crippen LogP contribution < -0.4 is 5.32 Å². The summed E-state index contributed by atoms with van der Waals surface area (Å²) < 4.78 is 0. The van der Waals surface area contributed by atoms with E-state index in [1.807, 2.05) is 38.1 Å². The Bertz CT molecular complexity index is 366. The van der Waals surface area contributed by atoms with Crippen molar-refractivity contribution in [2.45, 2.75) is 20.3 Å². The van der Waals surface area contributed by atoms with E-state index in [0.717, 1.165) is 23.7 Å². The minimum Gasteiger partial charge on any atom is -0.385 e. The van der Waals surface area contributed by atoms with Gasteiger partial charge in [0.1, 0.15) is 0 Å². The van der Waals surface area contributed by atoms with E-state index in [1.165, 1.54) is 0 Å². The highest BCUT2D eigenvalue weighted by molar-refractivity contribution is 6.30. The maximum Gasteiger partial charge on any atom is 0.0684 e. The smallest absolute Gasteiger partial charge is 0.0684 e. The average molecular weight is 223 g/mol. The Labute approximate surface area is 95.9 Å². The van der Waals surface area contributed by atoms with Crippen LogP contribution in [0.2, 0.25) is 5.02 Å². The van der Waals surface area contributed by atoms with Crippen molar-refractivity contribution < 1.29 is 0 Å². The fourth-order valence-electron chi connectivity index (χ4n) is 1.17. The number of rotatable bonds is 4. The molecule has 0 fully saturated rings. The third kappa shape index (κ3) is 4.22. The molecule has 80 valence electrons. The Kier molecular flexibility index (Phi) is 3.99. The molecule has 1 rings (SSSR count). The molecule has 0 aromatic heterocycles. The monoisotopic (exact) mass is 222 g/mol. The van der Waals surface area contributed by atoms with Gasteiger partial charge in [-0.05, 0) is 38.5 Å². The molecule has 0 aliphatic rings. The number of nitriles is 1. The van der Waals surface area contributed by atoms with Gasteiger partial charge in [0.05, 0.1) is 11.5 Å². The Morgan fingerprint density at radius 2 is 2.20 bits per heavy atom. The maximum atomic E-state index is 8.84. The summed E-state index contributed by atoms with van der Waals surface area (Å²) >= 11 is 5.85. The zero-order chi connectivity index (χ0) is 11.3. The Morgan fingerprint density at radius 3 is 2.80 bits per heavy atom. The van der Waals surface area contributed by atoms with Gasteiger partial charge in [0.2, 0.25) is 0 Å². The largest absolute Gasteiger partial charge is 0.385 e. The molecule has 0 heterocycles. The molecule has 1 N–H and O–H groups in total. The van der Waals surface area contributed by atoms with E-state index in [-0.39, 0.29) is 5.41 Å². The highest BCUT2D eigenvalue weighted by atomic mass is 35.5. The van der Waals surface area contributed by atoms with Crippen LogP contribution in [0.1, 0.15) is 20.3 Å². The lowest BCUT2D eigenvalue weighted by molar-refractivity contribution is 0.466. The standard InChI is InChI=1S/C12H15ClN2/c1-12(2,9-14)6-7-15-11-5-3-4-10(13)8-11/h3-5,8,15H,6-7H2,1-2H3. The van der Waals surface area contributed by atoms with Crippen LogP contribution in [-0.4, -0.2) is 6.54 Å². The molecule has 2 nitrogen and oxygen atoms in total. The van der Waals surface area contributed by atoms with Crippen molar-refractivity contribution in [3.63, 3.8) is 0 Å². The van der Waals surface area contributed by atoms with E-state index in [0.29, 0.717) is 0 Å². The molecule has 0 saturated carbocycles. The van der Waals surface area contributed by atoms with Crippen molar-refractivity contribution in [2.75, 3.05) is 11.9 Å². The SMILES string of the molecule is CC(C)(C#N)CCNc1cccc(Cl)c1. The van der Waals surface area contributed by atoms with Gasteiger partial charge in [-0.25, -0.2) is 0 Å². The summed E-state index contributed by atoms with van der Waals surface area (Å²) in [6, 6.07) is 9.85. The topological polar surface area (TPSA) is 35.8 Å². The first-order valence-corrected chi connectivity index (χ1v) is 5.32. The summed E-state index contributed by atoms with van der Waals surface area (Å²) in [6.45, 7) is 4.65. The van der Waals surface area contributed by atoms with Gasteiger partial charge in [-0.2, -0.15) is 5.26 Å². The van der Waals surface area contributed by atoms with Gasteiger partial charge in [0.15, 0.2) is 0 Å². The van der Waals surface area contributed by atoms with Crippen LogP contribution in [0.5, 0.6) is 0 Å². The third-order valence-corrected chi connectivity index (χ3v) is 2.44. The number of nitrogens with zero attached hydrogens (tertiary/aromatic N) is 1. The molecule has 3 heteroatoms. The molecule has 0 amide bonds. The fourth-order valence-corrected chi connectivity index (χ4v) is 1.36. The highest BCUT2D eigenvalue weighted by Crippen LogP contribution is 2.19. The van der Waals surface area contributed by atoms with Crippen LogP contribution >= 0.6 is 11.6 Å². The van der Waals surface area contributed by atoms with Crippen molar-refractivity contribution in [2.24, 2.45) is 5.41 Å². The van der Waals surface area contributed by atoms with Crippen molar-refractivity contribution in [3.05, 3.63) is 29.3 Å². The van der Waals surface area contributed by atoms with E-state index in [4.69, 9.17) is 16.9 Å². The summed E-state index contributed by atoms with van der Waals surface area (Å²) in [6.07, 6.45) is 0.815. The van der Waals surface area contributed by atoms with Crippen molar-refractivity contribution in [1.82, 2.24) is 0 Å². The zero-order valence-electron chi connectivity index (χ0n) is 9.05. The summed E-state index contributed by atoms with van der Waals surface area (Å²) in [5.74, 6) is 0. The lowest BCUT2D eigenvalue weighted by Gasteiger charge is -2.15. The first-order chi connectivity index (χ1) is 7.03. The fraction of sp³-hybridized carbons (Fsp3) is 0.417. The predicted molar refractivity (Wildman–Crippen MR) is 64.0 cm³/mol. The van der Waals surface area contributed by atoms with Crippen LogP contribution in [-0.2, 0) is 0 Å². The number of halogens is 1. The molecule has 0 aliphatic carbocycles. The second-order valence-corrected chi connectivity index (χ2v) is 4.62. The van der Waals surface area contributed by atoms with Gasteiger partial charge in [-0.3, -0.25) is 0 Å². The molecule has 0 atom stereocenters. The first-order valence-electron chi connectivity index (χ1n) is 4.94. The van der Waals surface area contributed by atoms with E-state index in [2.05, 4.69) is 11.4 Å². The number of hydrogen-bond donors (Lipinski definition) is 1. The number of anilines is 1. The molecule has 0 aliphatic heterocycles. The molecule has 15 heavy (non-hydrogen) atoms. The maximum absolute atomic E-state index is 8.84. The molecular weight excluding hydrogens is 208 g/mol. The summed E-state index contributed by atoms with van der Waals surface area (Å²) in [4.78, 5) is 0. The van der Waals surface area contributed by atoms with Gasteiger partial charge < -0.3 is 5.32 Å². The van der Waals surface area contributed by atoms with Gasteiger partial charge in [0.25, 0.3) is 0 Å². The van der Waals surface area contributed by atoms with E-state index >= 15 is 0 Å². The summed E-state index contributed by atoms with van der Waals surface area (Å²) in [5.41, 5.74) is 0.724. The molecule has 0 bridgehead atoms. The molecule has 0 saturated heterocycles. The number of nitrogens with one attached hydrogen (secondary N) is 1.